The van der Waals surface area contributed by atoms with Crippen LogP contribution >= 0.6 is 11.3 Å². The molecular formula is C26H23FN8O2S. The normalized spacial score (nSPS) is 13.4. The number of benzene rings is 1. The van der Waals surface area contributed by atoms with Gasteiger partial charge in [0.1, 0.15) is 16.3 Å². The fourth-order valence-corrected chi connectivity index (χ4v) is 5.40. The van der Waals surface area contributed by atoms with Gasteiger partial charge in [-0.3, -0.25) is 19.2 Å². The van der Waals surface area contributed by atoms with Gasteiger partial charge in [-0.2, -0.15) is 10.2 Å². The van der Waals surface area contributed by atoms with E-state index in [2.05, 4.69) is 35.8 Å². The van der Waals surface area contributed by atoms with E-state index in [0.29, 0.717) is 27.5 Å². The summed E-state index contributed by atoms with van der Waals surface area (Å²) in [6.45, 7) is 4.14. The van der Waals surface area contributed by atoms with Crippen molar-refractivity contribution in [2.24, 2.45) is 0 Å². The van der Waals surface area contributed by atoms with Crippen molar-refractivity contribution in [3.05, 3.63) is 81.0 Å². The summed E-state index contributed by atoms with van der Waals surface area (Å²) in [5.41, 5.74) is 2.39. The van der Waals surface area contributed by atoms with Gasteiger partial charge in [-0.05, 0) is 49.9 Å². The third-order valence-electron chi connectivity index (χ3n) is 6.50. The monoisotopic (exact) mass is 530 g/mol. The Morgan fingerprint density at radius 3 is 2.89 bits per heavy atom. The summed E-state index contributed by atoms with van der Waals surface area (Å²) in [5.74, 6) is -0.451. The van der Waals surface area contributed by atoms with Crippen molar-refractivity contribution in [2.75, 3.05) is 24.2 Å². The van der Waals surface area contributed by atoms with E-state index in [0.717, 1.165) is 35.5 Å². The molecule has 0 atom stereocenters. The van der Waals surface area contributed by atoms with Crippen molar-refractivity contribution in [3.8, 4) is 11.3 Å². The SMILES string of the molecule is Cc1c(-c2cc(Nc3cc4n(n3)CCN(C)C4)c(=O)[nH]n2)ccc(F)c1NC(=O)c1cc2cccnc2s1. The van der Waals surface area contributed by atoms with Crippen LogP contribution in [-0.4, -0.2) is 49.4 Å². The minimum atomic E-state index is -0.574. The molecule has 1 amide bonds. The number of halogens is 1. The molecule has 0 fully saturated rings. The van der Waals surface area contributed by atoms with Crippen LogP contribution in [-0.2, 0) is 13.1 Å². The molecule has 5 aromatic rings. The van der Waals surface area contributed by atoms with Gasteiger partial charge in [-0.15, -0.1) is 11.3 Å². The van der Waals surface area contributed by atoms with E-state index in [4.69, 9.17) is 0 Å². The van der Waals surface area contributed by atoms with E-state index in [1.807, 2.05) is 23.9 Å². The quantitative estimate of drug-likeness (QED) is 0.312. The van der Waals surface area contributed by atoms with Gasteiger partial charge in [0.25, 0.3) is 11.5 Å². The van der Waals surface area contributed by atoms with Crippen molar-refractivity contribution in [1.82, 2.24) is 29.9 Å². The molecule has 38 heavy (non-hydrogen) atoms. The van der Waals surface area contributed by atoms with Crippen LogP contribution < -0.4 is 16.2 Å². The molecular weight excluding hydrogens is 507 g/mol. The number of aromatic amines is 1. The van der Waals surface area contributed by atoms with E-state index in [1.54, 1.807) is 37.4 Å². The topological polar surface area (TPSA) is 121 Å². The van der Waals surface area contributed by atoms with Gasteiger partial charge in [-0.25, -0.2) is 14.5 Å². The lowest BCUT2D eigenvalue weighted by atomic mass is 10.0. The van der Waals surface area contributed by atoms with Crippen molar-refractivity contribution in [2.45, 2.75) is 20.0 Å². The number of rotatable bonds is 5. The second-order valence-corrected chi connectivity index (χ2v) is 10.2. The summed E-state index contributed by atoms with van der Waals surface area (Å²) >= 11 is 1.23. The Hall–Kier alpha value is -4.42. The Kier molecular flexibility index (Phi) is 5.97. The molecule has 0 unspecified atom stereocenters. The standard InChI is InChI=1S/C26H23FN8O2S/c1-14-17(5-6-18(27)23(14)30-25(37)21-10-15-4-3-7-28-26(15)38-21)19-12-20(24(36)32-31-19)29-22-11-16-13-34(2)8-9-35(16)33-22/h3-7,10-12H,8-9,13H2,1-2H3,(H,30,37)(H,32,36)(H,29,31,33). The first-order chi connectivity index (χ1) is 18.4. The minimum absolute atomic E-state index is 0.0475. The number of nitrogens with zero attached hydrogens (tertiary/aromatic N) is 5. The highest BCUT2D eigenvalue weighted by Crippen LogP contribution is 2.32. The maximum atomic E-state index is 14.9. The molecule has 192 valence electrons. The van der Waals surface area contributed by atoms with Gasteiger partial charge in [0.05, 0.1) is 28.5 Å². The van der Waals surface area contributed by atoms with Crippen LogP contribution in [0.15, 0.2) is 53.5 Å². The number of aromatic nitrogens is 5. The first-order valence-corrected chi connectivity index (χ1v) is 12.7. The lowest BCUT2D eigenvalue weighted by Gasteiger charge is -2.22. The largest absolute Gasteiger partial charge is 0.334 e. The molecule has 0 saturated carbocycles. The zero-order valence-electron chi connectivity index (χ0n) is 20.6. The number of anilines is 3. The van der Waals surface area contributed by atoms with Crippen LogP contribution in [0.1, 0.15) is 20.9 Å². The van der Waals surface area contributed by atoms with Gasteiger partial charge in [0.15, 0.2) is 5.82 Å². The number of pyridine rings is 1. The summed E-state index contributed by atoms with van der Waals surface area (Å²) < 4.78 is 16.8. The lowest BCUT2D eigenvalue weighted by Crippen LogP contribution is -2.30. The Morgan fingerprint density at radius 2 is 2.05 bits per heavy atom. The number of nitrogens with one attached hydrogen (secondary N) is 3. The molecule has 0 aliphatic carbocycles. The number of thiophene rings is 1. The van der Waals surface area contributed by atoms with Crippen LogP contribution in [0.5, 0.6) is 0 Å². The Balaban J connectivity index is 1.29. The molecule has 1 aromatic carbocycles. The number of likely N-dealkylation sites (N-methyl/N-ethyl adjacent to an activating group) is 1. The average Bonchev–Trinajstić information content (AvgIpc) is 3.51. The Bertz CT molecular complexity index is 1730. The molecule has 1 aliphatic heterocycles. The molecule has 0 spiro atoms. The van der Waals surface area contributed by atoms with Crippen LogP contribution in [0.2, 0.25) is 0 Å². The van der Waals surface area contributed by atoms with Crippen LogP contribution in [0, 0.1) is 12.7 Å². The molecule has 3 N–H and O–H groups in total. The van der Waals surface area contributed by atoms with Gasteiger partial charge in [0.2, 0.25) is 0 Å². The molecule has 0 radical (unpaired) electrons. The van der Waals surface area contributed by atoms with Gasteiger partial charge >= 0.3 is 0 Å². The van der Waals surface area contributed by atoms with Crippen molar-refractivity contribution < 1.29 is 9.18 Å². The molecule has 4 aromatic heterocycles. The van der Waals surface area contributed by atoms with E-state index >= 15 is 0 Å². The lowest BCUT2D eigenvalue weighted by molar-refractivity contribution is 0.103. The highest BCUT2D eigenvalue weighted by atomic mass is 32.1. The predicted molar refractivity (Wildman–Crippen MR) is 144 cm³/mol. The highest BCUT2D eigenvalue weighted by Gasteiger charge is 2.20. The molecule has 12 heteroatoms. The summed E-state index contributed by atoms with van der Waals surface area (Å²) in [4.78, 5) is 33.1. The number of fused-ring (bicyclic) bond motifs is 2. The Labute approximate surface area is 220 Å². The van der Waals surface area contributed by atoms with Gasteiger partial charge in [0, 0.05) is 36.3 Å². The maximum Gasteiger partial charge on any atom is 0.287 e. The van der Waals surface area contributed by atoms with E-state index < -0.39 is 17.3 Å². The van der Waals surface area contributed by atoms with Crippen LogP contribution in [0.25, 0.3) is 21.5 Å². The number of carbonyl (C=O) groups is 1. The summed E-state index contributed by atoms with van der Waals surface area (Å²) in [7, 11) is 2.05. The second kappa shape index (κ2) is 9.47. The third kappa shape index (κ3) is 4.44. The number of hydrogen-bond donors (Lipinski definition) is 3. The molecule has 5 heterocycles. The Morgan fingerprint density at radius 1 is 1.18 bits per heavy atom. The predicted octanol–water partition coefficient (Wildman–Crippen LogP) is 4.13. The fourth-order valence-electron chi connectivity index (χ4n) is 4.50. The number of hydrogen-bond acceptors (Lipinski definition) is 8. The average molecular weight is 531 g/mol. The molecule has 0 saturated heterocycles. The molecule has 10 nitrogen and oxygen atoms in total. The smallest absolute Gasteiger partial charge is 0.287 e. The highest BCUT2D eigenvalue weighted by molar-refractivity contribution is 7.20. The van der Waals surface area contributed by atoms with Crippen molar-refractivity contribution in [1.29, 1.82) is 0 Å². The van der Waals surface area contributed by atoms with Crippen LogP contribution in [0.4, 0.5) is 21.6 Å². The third-order valence-corrected chi connectivity index (χ3v) is 7.56. The van der Waals surface area contributed by atoms with E-state index in [-0.39, 0.29) is 11.4 Å². The zero-order valence-corrected chi connectivity index (χ0v) is 21.4. The maximum absolute atomic E-state index is 14.9. The number of carbonyl (C=O) groups excluding carboxylic acids is 1. The van der Waals surface area contributed by atoms with Gasteiger partial charge < -0.3 is 10.6 Å². The fraction of sp³-hybridized carbons (Fsp3) is 0.192. The summed E-state index contributed by atoms with van der Waals surface area (Å²) in [5, 5.41) is 17.9. The minimum Gasteiger partial charge on any atom is -0.334 e. The summed E-state index contributed by atoms with van der Waals surface area (Å²) in [6.07, 6.45) is 1.66. The first-order valence-electron chi connectivity index (χ1n) is 11.9. The second-order valence-electron chi connectivity index (χ2n) is 9.16. The molecule has 0 bridgehead atoms. The van der Waals surface area contributed by atoms with E-state index in [1.165, 1.54) is 17.4 Å². The molecule has 1 aliphatic rings. The van der Waals surface area contributed by atoms with Crippen molar-refractivity contribution >= 4 is 44.7 Å². The zero-order chi connectivity index (χ0) is 26.4. The van der Waals surface area contributed by atoms with E-state index in [9.17, 15) is 14.0 Å². The first kappa shape index (κ1) is 23.9. The summed E-state index contributed by atoms with van der Waals surface area (Å²) in [6, 6.07) is 11.7. The van der Waals surface area contributed by atoms with Crippen LogP contribution in [0.3, 0.4) is 0 Å². The number of amides is 1. The number of H-pyrrole nitrogens is 1. The molecule has 6 rings (SSSR count). The van der Waals surface area contributed by atoms with Crippen molar-refractivity contribution in [3.63, 3.8) is 0 Å². The van der Waals surface area contributed by atoms with Gasteiger partial charge in [-0.1, -0.05) is 6.07 Å².